The maximum Gasteiger partial charge on any atom is 0.177 e. The van der Waals surface area contributed by atoms with Gasteiger partial charge in [-0.3, -0.25) is 0 Å². The Morgan fingerprint density at radius 3 is 2.65 bits per heavy atom. The van der Waals surface area contributed by atoms with Gasteiger partial charge in [-0.2, -0.15) is 0 Å². The minimum Gasteiger partial charge on any atom is -0.224 e. The van der Waals surface area contributed by atoms with Gasteiger partial charge in [0.25, 0.3) is 0 Å². The minimum atomic E-state index is -3.09. The maximum absolute atomic E-state index is 12.5. The summed E-state index contributed by atoms with van der Waals surface area (Å²) in [5, 5.41) is -0.158. The van der Waals surface area contributed by atoms with E-state index in [9.17, 15) is 8.42 Å². The monoisotopic (exact) mass is 252 g/mol. The summed E-state index contributed by atoms with van der Waals surface area (Å²) in [6.45, 7) is 4.05. The van der Waals surface area contributed by atoms with Crippen LogP contribution in [0.25, 0.3) is 0 Å². The number of rotatable bonds is 2. The summed E-state index contributed by atoms with van der Waals surface area (Å²) >= 11 is 0. The van der Waals surface area contributed by atoms with Gasteiger partial charge in [0.15, 0.2) is 9.84 Å². The molecule has 3 heteroatoms. The van der Waals surface area contributed by atoms with Gasteiger partial charge in [0, 0.05) is 11.3 Å². The third-order valence-corrected chi connectivity index (χ3v) is 6.31. The van der Waals surface area contributed by atoms with E-state index in [0.29, 0.717) is 17.2 Å². The van der Waals surface area contributed by atoms with Gasteiger partial charge in [-0.05, 0) is 31.8 Å². The molecule has 2 atom stereocenters. The van der Waals surface area contributed by atoms with Crippen molar-refractivity contribution < 1.29 is 8.42 Å². The van der Waals surface area contributed by atoms with Gasteiger partial charge in [0.05, 0.1) is 5.25 Å². The lowest BCUT2D eigenvalue weighted by Gasteiger charge is -2.17. The number of allylic oxidation sites excluding steroid dienone is 6. The summed E-state index contributed by atoms with van der Waals surface area (Å²) < 4.78 is 25.1. The van der Waals surface area contributed by atoms with E-state index in [2.05, 4.69) is 6.92 Å². The molecule has 0 aliphatic heterocycles. The number of hydrogen-bond donors (Lipinski definition) is 0. The molecule has 0 aromatic rings. The van der Waals surface area contributed by atoms with E-state index in [1.54, 1.807) is 6.08 Å². The Bertz CT molecular complexity index is 480. The summed E-state index contributed by atoms with van der Waals surface area (Å²) in [5.41, 5.74) is 1.11. The van der Waals surface area contributed by atoms with Gasteiger partial charge >= 0.3 is 0 Å². The lowest BCUT2D eigenvalue weighted by molar-refractivity contribution is 0.549. The van der Waals surface area contributed by atoms with Gasteiger partial charge in [0.1, 0.15) is 0 Å². The van der Waals surface area contributed by atoms with E-state index in [4.69, 9.17) is 0 Å². The van der Waals surface area contributed by atoms with Crippen LogP contribution in [-0.4, -0.2) is 13.7 Å². The Hall–Kier alpha value is -0.830. The summed E-state index contributed by atoms with van der Waals surface area (Å²) in [4.78, 5) is 0.587. The van der Waals surface area contributed by atoms with E-state index in [-0.39, 0.29) is 5.25 Å². The molecule has 1 fully saturated rings. The van der Waals surface area contributed by atoms with Crippen molar-refractivity contribution in [1.82, 2.24) is 0 Å². The van der Waals surface area contributed by atoms with Crippen LogP contribution in [0.1, 0.15) is 39.5 Å². The van der Waals surface area contributed by atoms with Crippen molar-refractivity contribution in [2.45, 2.75) is 44.8 Å². The largest absolute Gasteiger partial charge is 0.224 e. The fourth-order valence-electron chi connectivity index (χ4n) is 2.69. The fourth-order valence-corrected chi connectivity index (χ4v) is 4.89. The number of sulfone groups is 1. The molecule has 0 aromatic heterocycles. The Kier molecular flexibility index (Phi) is 3.57. The molecule has 0 spiro atoms. The molecule has 0 aromatic carbocycles. The van der Waals surface area contributed by atoms with Crippen LogP contribution in [0.15, 0.2) is 34.8 Å². The smallest absolute Gasteiger partial charge is 0.177 e. The fraction of sp³-hybridized carbons (Fsp3) is 0.571. The van der Waals surface area contributed by atoms with Gasteiger partial charge in [-0.1, -0.05) is 37.1 Å². The van der Waals surface area contributed by atoms with Crippen LogP contribution in [0, 0.1) is 5.92 Å². The van der Waals surface area contributed by atoms with Gasteiger partial charge in [0.2, 0.25) is 0 Å². The summed E-state index contributed by atoms with van der Waals surface area (Å²) in [5.74, 6) is 0.304. The lowest BCUT2D eigenvalue weighted by Crippen LogP contribution is -2.24. The molecule has 1 saturated carbocycles. The van der Waals surface area contributed by atoms with E-state index in [0.717, 1.165) is 24.8 Å². The van der Waals surface area contributed by atoms with Crippen molar-refractivity contribution in [2.75, 3.05) is 0 Å². The Morgan fingerprint density at radius 1 is 1.24 bits per heavy atom. The molecule has 0 N–H and O–H groups in total. The molecule has 2 unspecified atom stereocenters. The van der Waals surface area contributed by atoms with Crippen LogP contribution in [0.3, 0.4) is 0 Å². The Balaban J connectivity index is 2.30. The zero-order chi connectivity index (χ0) is 12.5. The van der Waals surface area contributed by atoms with Crippen LogP contribution >= 0.6 is 0 Å². The average molecular weight is 252 g/mol. The second-order valence-corrected chi connectivity index (χ2v) is 7.36. The van der Waals surface area contributed by atoms with E-state index in [1.807, 2.05) is 25.2 Å². The second-order valence-electron chi connectivity index (χ2n) is 5.14. The highest BCUT2D eigenvalue weighted by Crippen LogP contribution is 2.35. The van der Waals surface area contributed by atoms with E-state index < -0.39 is 9.84 Å². The molecule has 0 heterocycles. The molecule has 0 radical (unpaired) electrons. The third kappa shape index (κ3) is 2.54. The quantitative estimate of drug-likeness (QED) is 0.755. The maximum atomic E-state index is 12.5. The zero-order valence-electron chi connectivity index (χ0n) is 10.5. The summed E-state index contributed by atoms with van der Waals surface area (Å²) in [6.07, 6.45) is 11.1. The molecule has 0 bridgehead atoms. The van der Waals surface area contributed by atoms with E-state index >= 15 is 0 Å². The average Bonchev–Trinajstić information content (AvgIpc) is 2.57. The molecule has 17 heavy (non-hydrogen) atoms. The lowest BCUT2D eigenvalue weighted by atomic mass is 10.1. The van der Waals surface area contributed by atoms with Gasteiger partial charge in [-0.15, -0.1) is 0 Å². The highest BCUT2D eigenvalue weighted by Gasteiger charge is 2.36. The van der Waals surface area contributed by atoms with Crippen molar-refractivity contribution in [3.8, 4) is 0 Å². The normalized spacial score (nSPS) is 29.8. The molecule has 0 amide bonds. The molecular formula is C14H20O2S. The predicted octanol–water partition coefficient (Wildman–Crippen LogP) is 3.38. The first-order valence-corrected chi connectivity index (χ1v) is 7.84. The molecule has 2 rings (SSSR count). The molecule has 2 aliphatic carbocycles. The first-order valence-electron chi connectivity index (χ1n) is 6.29. The van der Waals surface area contributed by atoms with Gasteiger partial charge in [-0.25, -0.2) is 8.42 Å². The van der Waals surface area contributed by atoms with Crippen molar-refractivity contribution in [2.24, 2.45) is 5.92 Å². The van der Waals surface area contributed by atoms with Crippen LogP contribution in [0.5, 0.6) is 0 Å². The first kappa shape index (κ1) is 12.6. The first-order chi connectivity index (χ1) is 8.01. The van der Waals surface area contributed by atoms with Crippen molar-refractivity contribution in [3.63, 3.8) is 0 Å². The van der Waals surface area contributed by atoms with Crippen molar-refractivity contribution in [1.29, 1.82) is 0 Å². The Labute approximate surface area is 104 Å². The topological polar surface area (TPSA) is 34.1 Å². The highest BCUT2D eigenvalue weighted by atomic mass is 32.2. The van der Waals surface area contributed by atoms with Crippen LogP contribution in [0.2, 0.25) is 0 Å². The van der Waals surface area contributed by atoms with Crippen LogP contribution in [0.4, 0.5) is 0 Å². The van der Waals surface area contributed by atoms with Crippen molar-refractivity contribution >= 4 is 9.84 Å². The third-order valence-electron chi connectivity index (χ3n) is 3.78. The minimum absolute atomic E-state index is 0.158. The summed E-state index contributed by atoms with van der Waals surface area (Å²) in [6, 6.07) is 0. The molecular weight excluding hydrogens is 232 g/mol. The molecule has 2 nitrogen and oxygen atoms in total. The molecule has 0 saturated heterocycles. The molecule has 94 valence electrons. The standard InChI is InChI=1S/C14H20O2S/c1-11-5-3-7-13(10-9-11)17(15,16)14-8-4-6-12(14)2/h3,5,9-10,12,14H,4,6-8H2,1-2H3. The predicted molar refractivity (Wildman–Crippen MR) is 71.3 cm³/mol. The van der Waals surface area contributed by atoms with Crippen LogP contribution < -0.4 is 0 Å². The van der Waals surface area contributed by atoms with Crippen molar-refractivity contribution in [3.05, 3.63) is 34.8 Å². The Morgan fingerprint density at radius 2 is 2.00 bits per heavy atom. The second kappa shape index (κ2) is 4.81. The zero-order valence-corrected chi connectivity index (χ0v) is 11.3. The summed E-state index contributed by atoms with van der Waals surface area (Å²) in [7, 11) is -3.09. The number of hydrogen-bond acceptors (Lipinski definition) is 2. The SMILES string of the molecule is CC1=CC=C(S(=O)(=O)C2CCCC2C)CC=C1. The molecule has 2 aliphatic rings. The van der Waals surface area contributed by atoms with Crippen LogP contribution in [-0.2, 0) is 9.84 Å². The van der Waals surface area contributed by atoms with E-state index in [1.165, 1.54) is 0 Å². The van der Waals surface area contributed by atoms with Gasteiger partial charge < -0.3 is 0 Å². The highest BCUT2D eigenvalue weighted by molar-refractivity contribution is 7.95.